The average Bonchev–Trinajstić information content (AvgIpc) is 3.19. The quantitative estimate of drug-likeness (QED) is 0.472. The van der Waals surface area contributed by atoms with Gasteiger partial charge in [-0.15, -0.1) is 11.3 Å². The van der Waals surface area contributed by atoms with Gasteiger partial charge in [0.15, 0.2) is 0 Å². The van der Waals surface area contributed by atoms with Crippen molar-refractivity contribution in [2.75, 3.05) is 4.90 Å². The molecule has 1 amide bonds. The second-order valence-corrected chi connectivity index (χ2v) is 8.26. The molecule has 30 heavy (non-hydrogen) atoms. The number of carbonyl (C=O) groups excluding carboxylic acids is 1. The predicted molar refractivity (Wildman–Crippen MR) is 114 cm³/mol. The number of alkyl halides is 3. The molecule has 3 nitrogen and oxygen atoms in total. The lowest BCUT2D eigenvalue weighted by Gasteiger charge is -2.24. The van der Waals surface area contributed by atoms with E-state index in [1.807, 2.05) is 43.5 Å². The summed E-state index contributed by atoms with van der Waals surface area (Å²) in [5, 5.41) is 1.93. The zero-order valence-electron chi connectivity index (χ0n) is 16.5. The van der Waals surface area contributed by atoms with Gasteiger partial charge in [0.25, 0.3) is 0 Å². The van der Waals surface area contributed by atoms with Crippen molar-refractivity contribution in [2.45, 2.75) is 33.0 Å². The van der Waals surface area contributed by atoms with Crippen molar-refractivity contribution in [2.24, 2.45) is 4.99 Å². The van der Waals surface area contributed by atoms with Crippen LogP contribution in [-0.2, 0) is 17.5 Å². The van der Waals surface area contributed by atoms with Gasteiger partial charge in [0, 0.05) is 4.88 Å². The molecule has 0 aliphatic carbocycles. The van der Waals surface area contributed by atoms with Crippen molar-refractivity contribution in [3.63, 3.8) is 0 Å². The number of thiophene rings is 1. The third kappa shape index (κ3) is 4.03. The SMILES string of the molecule is Cc1cc2c(cc1C)N(Cc1cccc(C(F)(F)F)c1)C(=O)CC(c1cccs1)=N2. The molecule has 2 heterocycles. The molecule has 2 aromatic carbocycles. The van der Waals surface area contributed by atoms with Crippen LogP contribution in [0.5, 0.6) is 0 Å². The van der Waals surface area contributed by atoms with E-state index >= 15 is 0 Å². The van der Waals surface area contributed by atoms with E-state index in [-0.39, 0.29) is 18.9 Å². The molecule has 0 saturated carbocycles. The average molecular weight is 428 g/mol. The van der Waals surface area contributed by atoms with Crippen LogP contribution in [0.4, 0.5) is 24.5 Å². The Morgan fingerprint density at radius 2 is 1.83 bits per heavy atom. The van der Waals surface area contributed by atoms with E-state index < -0.39 is 11.7 Å². The van der Waals surface area contributed by atoms with Gasteiger partial charge in [-0.3, -0.25) is 4.79 Å². The molecular formula is C23H19F3N2OS. The summed E-state index contributed by atoms with van der Waals surface area (Å²) in [7, 11) is 0. The molecule has 0 unspecified atom stereocenters. The minimum Gasteiger partial charge on any atom is -0.306 e. The summed E-state index contributed by atoms with van der Waals surface area (Å²) in [4.78, 5) is 20.4. The first-order chi connectivity index (χ1) is 14.2. The van der Waals surface area contributed by atoms with Gasteiger partial charge in [-0.2, -0.15) is 13.2 Å². The molecule has 1 aliphatic heterocycles. The number of fused-ring (bicyclic) bond motifs is 1. The predicted octanol–water partition coefficient (Wildman–Crippen LogP) is 6.44. The van der Waals surface area contributed by atoms with E-state index in [4.69, 9.17) is 4.99 Å². The highest BCUT2D eigenvalue weighted by atomic mass is 32.1. The van der Waals surface area contributed by atoms with E-state index in [0.29, 0.717) is 22.6 Å². The number of hydrogen-bond donors (Lipinski definition) is 0. The standard InChI is InChI=1S/C23H19F3N2OS/c1-14-9-18-20(10-15(14)2)28(13-16-5-3-6-17(11-16)23(24,25)26)22(29)12-19(27-18)21-7-4-8-30-21/h3-11H,12-13H2,1-2H3. The van der Waals surface area contributed by atoms with Crippen LogP contribution in [0.1, 0.15) is 33.6 Å². The Labute approximate surface area is 176 Å². The van der Waals surface area contributed by atoms with Crippen molar-refractivity contribution in [1.29, 1.82) is 0 Å². The van der Waals surface area contributed by atoms with Gasteiger partial charge in [-0.1, -0.05) is 18.2 Å². The molecule has 0 N–H and O–H groups in total. The Morgan fingerprint density at radius 1 is 1.07 bits per heavy atom. The Morgan fingerprint density at radius 3 is 2.53 bits per heavy atom. The maximum atomic E-state index is 13.2. The Hall–Kier alpha value is -2.93. The molecule has 0 saturated heterocycles. The zero-order chi connectivity index (χ0) is 21.5. The molecule has 4 rings (SSSR count). The van der Waals surface area contributed by atoms with Crippen LogP contribution >= 0.6 is 11.3 Å². The number of anilines is 1. The maximum Gasteiger partial charge on any atom is 0.416 e. The number of amides is 1. The third-order valence-electron chi connectivity index (χ3n) is 5.16. The molecule has 1 aromatic heterocycles. The largest absolute Gasteiger partial charge is 0.416 e. The molecule has 154 valence electrons. The third-order valence-corrected chi connectivity index (χ3v) is 6.08. The van der Waals surface area contributed by atoms with Crippen molar-refractivity contribution < 1.29 is 18.0 Å². The molecular weight excluding hydrogens is 409 g/mol. The Kier molecular flexibility index (Phi) is 5.24. The van der Waals surface area contributed by atoms with Crippen molar-refractivity contribution in [3.05, 3.63) is 81.0 Å². The monoisotopic (exact) mass is 428 g/mol. The van der Waals surface area contributed by atoms with Gasteiger partial charge in [0.1, 0.15) is 0 Å². The molecule has 7 heteroatoms. The highest BCUT2D eigenvalue weighted by Crippen LogP contribution is 2.37. The topological polar surface area (TPSA) is 32.7 Å². The van der Waals surface area contributed by atoms with Gasteiger partial charge in [-0.25, -0.2) is 4.99 Å². The maximum absolute atomic E-state index is 13.2. The number of aliphatic imine (C=N–C) groups is 1. The van der Waals surface area contributed by atoms with Crippen LogP contribution in [0.15, 0.2) is 58.9 Å². The molecule has 0 atom stereocenters. The van der Waals surface area contributed by atoms with Crippen LogP contribution in [0.2, 0.25) is 0 Å². The lowest BCUT2D eigenvalue weighted by atomic mass is 10.1. The number of nitrogens with zero attached hydrogens (tertiary/aromatic N) is 2. The number of carbonyl (C=O) groups is 1. The van der Waals surface area contributed by atoms with Gasteiger partial charge in [0.2, 0.25) is 5.91 Å². The number of benzene rings is 2. The van der Waals surface area contributed by atoms with Crippen LogP contribution in [0, 0.1) is 13.8 Å². The first-order valence-corrected chi connectivity index (χ1v) is 10.3. The molecule has 0 spiro atoms. The molecule has 0 bridgehead atoms. The highest BCUT2D eigenvalue weighted by Gasteiger charge is 2.31. The summed E-state index contributed by atoms with van der Waals surface area (Å²) in [6.07, 6.45) is -4.34. The second-order valence-electron chi connectivity index (χ2n) is 7.32. The summed E-state index contributed by atoms with van der Waals surface area (Å²) in [5.74, 6) is -0.193. The first-order valence-electron chi connectivity index (χ1n) is 9.41. The zero-order valence-corrected chi connectivity index (χ0v) is 17.3. The normalized spacial score (nSPS) is 14.4. The molecule has 0 radical (unpaired) electrons. The van der Waals surface area contributed by atoms with Crippen molar-refractivity contribution >= 4 is 34.3 Å². The fourth-order valence-electron chi connectivity index (χ4n) is 3.44. The highest BCUT2D eigenvalue weighted by molar-refractivity contribution is 7.12. The van der Waals surface area contributed by atoms with Gasteiger partial charge in [-0.05, 0) is 66.2 Å². The van der Waals surface area contributed by atoms with E-state index in [9.17, 15) is 18.0 Å². The van der Waals surface area contributed by atoms with E-state index in [2.05, 4.69) is 0 Å². The summed E-state index contributed by atoms with van der Waals surface area (Å²) in [5.41, 5.74) is 3.67. The van der Waals surface area contributed by atoms with Crippen LogP contribution in [0.25, 0.3) is 0 Å². The van der Waals surface area contributed by atoms with E-state index in [1.165, 1.54) is 17.4 Å². The number of halogens is 3. The summed E-state index contributed by atoms with van der Waals surface area (Å²) in [6, 6.07) is 12.7. The molecule has 3 aromatic rings. The van der Waals surface area contributed by atoms with Crippen molar-refractivity contribution in [1.82, 2.24) is 0 Å². The van der Waals surface area contributed by atoms with Gasteiger partial charge < -0.3 is 4.90 Å². The molecule has 0 fully saturated rings. The fourth-order valence-corrected chi connectivity index (χ4v) is 4.15. The van der Waals surface area contributed by atoms with E-state index in [0.717, 1.165) is 28.1 Å². The second kappa shape index (κ2) is 7.72. The van der Waals surface area contributed by atoms with Crippen molar-refractivity contribution in [3.8, 4) is 0 Å². The fraction of sp³-hybridized carbons (Fsp3) is 0.217. The summed E-state index contributed by atoms with van der Waals surface area (Å²) >= 11 is 1.51. The summed E-state index contributed by atoms with van der Waals surface area (Å²) < 4.78 is 39.4. The van der Waals surface area contributed by atoms with Gasteiger partial charge >= 0.3 is 6.18 Å². The Balaban J connectivity index is 1.78. The minimum atomic E-state index is -4.43. The lowest BCUT2D eigenvalue weighted by Crippen LogP contribution is -2.31. The van der Waals surface area contributed by atoms with Crippen LogP contribution < -0.4 is 4.90 Å². The number of rotatable bonds is 3. The molecule has 1 aliphatic rings. The lowest BCUT2D eigenvalue weighted by molar-refractivity contribution is -0.137. The number of hydrogen-bond acceptors (Lipinski definition) is 3. The number of aryl methyl sites for hydroxylation is 2. The smallest absolute Gasteiger partial charge is 0.306 e. The minimum absolute atomic E-state index is 0.0471. The first kappa shape index (κ1) is 20.3. The van der Waals surface area contributed by atoms with Gasteiger partial charge in [0.05, 0.1) is 35.6 Å². The van der Waals surface area contributed by atoms with E-state index in [1.54, 1.807) is 11.0 Å². The van der Waals surface area contributed by atoms with Crippen LogP contribution in [-0.4, -0.2) is 11.6 Å². The Bertz CT molecular complexity index is 1130. The van der Waals surface area contributed by atoms with Crippen LogP contribution in [0.3, 0.4) is 0 Å². The summed E-state index contributed by atoms with van der Waals surface area (Å²) in [6.45, 7) is 3.96.